The molecule has 0 aliphatic heterocycles. The summed E-state index contributed by atoms with van der Waals surface area (Å²) in [4.78, 5) is 22.4. The van der Waals surface area contributed by atoms with Crippen molar-refractivity contribution >= 4 is 23.2 Å². The standard InChI is InChI=1S/C18H19ClN2O5/c1-25-16-8-5-12(10-17(16)26-2)4-3-9-20-18(22)13-6-7-14(19)15(11-13)21(23)24/h5-8,10-11H,3-4,9H2,1-2H3,(H,20,22). The third-order valence-electron chi connectivity index (χ3n) is 3.78. The molecule has 8 heteroatoms. The SMILES string of the molecule is COc1ccc(CCCNC(=O)c2ccc(Cl)c([N+](=O)[O-])c2)cc1OC. The Morgan fingerprint density at radius 2 is 1.88 bits per heavy atom. The number of nitro benzene ring substituents is 1. The molecule has 0 saturated carbocycles. The predicted octanol–water partition coefficient (Wildman–Crippen LogP) is 3.63. The predicted molar refractivity (Wildman–Crippen MR) is 98.3 cm³/mol. The van der Waals surface area contributed by atoms with E-state index in [1.165, 1.54) is 18.2 Å². The molecule has 0 saturated heterocycles. The summed E-state index contributed by atoms with van der Waals surface area (Å²) in [5.74, 6) is 0.938. The molecule has 0 aliphatic carbocycles. The van der Waals surface area contributed by atoms with E-state index < -0.39 is 4.92 Å². The number of carbonyl (C=O) groups is 1. The molecule has 0 heterocycles. The second kappa shape index (κ2) is 9.05. The molecule has 1 N–H and O–H groups in total. The Morgan fingerprint density at radius 3 is 2.54 bits per heavy atom. The van der Waals surface area contributed by atoms with Gasteiger partial charge in [-0.3, -0.25) is 14.9 Å². The molecule has 0 aliphatic rings. The maximum atomic E-state index is 12.1. The van der Waals surface area contributed by atoms with Crippen LogP contribution in [0.15, 0.2) is 36.4 Å². The smallest absolute Gasteiger partial charge is 0.288 e. The van der Waals surface area contributed by atoms with Crippen molar-refractivity contribution in [2.75, 3.05) is 20.8 Å². The van der Waals surface area contributed by atoms with E-state index in [0.717, 1.165) is 12.0 Å². The van der Waals surface area contributed by atoms with Gasteiger partial charge in [0.25, 0.3) is 11.6 Å². The maximum Gasteiger partial charge on any atom is 0.288 e. The Kier molecular flexibility index (Phi) is 6.80. The first kappa shape index (κ1) is 19.5. The average molecular weight is 379 g/mol. The van der Waals surface area contributed by atoms with Gasteiger partial charge in [0.2, 0.25) is 0 Å². The molecule has 0 fully saturated rings. The molecule has 7 nitrogen and oxygen atoms in total. The zero-order chi connectivity index (χ0) is 19.1. The Labute approximate surface area is 156 Å². The van der Waals surface area contributed by atoms with Crippen molar-refractivity contribution in [1.29, 1.82) is 0 Å². The molecule has 0 bridgehead atoms. The molecule has 0 atom stereocenters. The van der Waals surface area contributed by atoms with E-state index in [9.17, 15) is 14.9 Å². The van der Waals surface area contributed by atoms with Crippen LogP contribution < -0.4 is 14.8 Å². The van der Waals surface area contributed by atoms with Gasteiger partial charge in [-0.2, -0.15) is 0 Å². The van der Waals surface area contributed by atoms with Gasteiger partial charge in [-0.1, -0.05) is 17.7 Å². The Bertz CT molecular complexity index is 810. The topological polar surface area (TPSA) is 90.7 Å². The monoisotopic (exact) mass is 378 g/mol. The summed E-state index contributed by atoms with van der Waals surface area (Å²) in [6.45, 7) is 0.434. The zero-order valence-corrected chi connectivity index (χ0v) is 15.2. The number of hydrogen-bond acceptors (Lipinski definition) is 5. The van der Waals surface area contributed by atoms with Crippen LogP contribution in [0.2, 0.25) is 5.02 Å². The van der Waals surface area contributed by atoms with Gasteiger partial charge in [0, 0.05) is 18.2 Å². The summed E-state index contributed by atoms with van der Waals surface area (Å²) in [5.41, 5.74) is 0.968. The third-order valence-corrected chi connectivity index (χ3v) is 4.10. The first-order valence-electron chi connectivity index (χ1n) is 7.89. The van der Waals surface area contributed by atoms with E-state index in [4.69, 9.17) is 21.1 Å². The maximum absolute atomic E-state index is 12.1. The van der Waals surface area contributed by atoms with Crippen molar-refractivity contribution in [3.05, 3.63) is 62.7 Å². The molecule has 0 aromatic heterocycles. The van der Waals surface area contributed by atoms with Crippen LogP contribution in [-0.2, 0) is 6.42 Å². The van der Waals surface area contributed by atoms with Gasteiger partial charge in [0.15, 0.2) is 11.5 Å². The number of aryl methyl sites for hydroxylation is 1. The summed E-state index contributed by atoms with van der Waals surface area (Å²) in [7, 11) is 3.15. The lowest BCUT2D eigenvalue weighted by molar-refractivity contribution is -0.384. The van der Waals surface area contributed by atoms with E-state index in [0.29, 0.717) is 24.5 Å². The number of rotatable bonds is 8. The van der Waals surface area contributed by atoms with Crippen LogP contribution in [0.3, 0.4) is 0 Å². The molecule has 1 amide bonds. The van der Waals surface area contributed by atoms with Crippen LogP contribution in [0.5, 0.6) is 11.5 Å². The minimum absolute atomic E-state index is 0.00000280. The van der Waals surface area contributed by atoms with E-state index in [1.807, 2.05) is 18.2 Å². The van der Waals surface area contributed by atoms with Gasteiger partial charge in [-0.05, 0) is 42.7 Å². The highest BCUT2D eigenvalue weighted by molar-refractivity contribution is 6.32. The minimum atomic E-state index is -0.615. The van der Waals surface area contributed by atoms with Gasteiger partial charge in [-0.15, -0.1) is 0 Å². The summed E-state index contributed by atoms with van der Waals surface area (Å²) < 4.78 is 10.5. The molecule has 0 unspecified atom stereocenters. The molecule has 2 aromatic carbocycles. The largest absolute Gasteiger partial charge is 0.493 e. The normalized spacial score (nSPS) is 10.3. The van der Waals surface area contributed by atoms with Crippen molar-refractivity contribution in [1.82, 2.24) is 5.32 Å². The highest BCUT2D eigenvalue weighted by Crippen LogP contribution is 2.28. The number of nitrogens with zero attached hydrogens (tertiary/aromatic N) is 1. The van der Waals surface area contributed by atoms with Gasteiger partial charge in [0.05, 0.1) is 19.1 Å². The molecule has 2 rings (SSSR count). The number of hydrogen-bond donors (Lipinski definition) is 1. The summed E-state index contributed by atoms with van der Waals surface area (Å²) in [6.07, 6.45) is 1.44. The molecule has 0 spiro atoms. The molecular formula is C18H19ClN2O5. The fourth-order valence-corrected chi connectivity index (χ4v) is 2.61. The van der Waals surface area contributed by atoms with E-state index in [-0.39, 0.29) is 22.2 Å². The molecule has 2 aromatic rings. The highest BCUT2D eigenvalue weighted by Gasteiger charge is 2.16. The number of nitrogens with one attached hydrogen (secondary N) is 1. The second-order valence-corrected chi connectivity index (χ2v) is 5.88. The number of methoxy groups -OCH3 is 2. The fraction of sp³-hybridized carbons (Fsp3) is 0.278. The summed E-state index contributed by atoms with van der Waals surface area (Å²) in [5, 5.41) is 13.6. The first-order valence-corrected chi connectivity index (χ1v) is 8.27. The van der Waals surface area contributed by atoms with Crippen molar-refractivity contribution < 1.29 is 19.2 Å². The van der Waals surface area contributed by atoms with Crippen LogP contribution in [0.25, 0.3) is 0 Å². The lowest BCUT2D eigenvalue weighted by Crippen LogP contribution is -2.24. The van der Waals surface area contributed by atoms with Crippen molar-refractivity contribution in [3.8, 4) is 11.5 Å². The quantitative estimate of drug-likeness (QED) is 0.430. The van der Waals surface area contributed by atoms with Crippen molar-refractivity contribution in [2.24, 2.45) is 0 Å². The number of halogens is 1. The van der Waals surface area contributed by atoms with Gasteiger partial charge < -0.3 is 14.8 Å². The average Bonchev–Trinajstić information content (AvgIpc) is 2.64. The fourth-order valence-electron chi connectivity index (χ4n) is 2.43. The Balaban J connectivity index is 1.89. The number of benzene rings is 2. The lowest BCUT2D eigenvalue weighted by Gasteiger charge is -2.10. The van der Waals surface area contributed by atoms with Gasteiger partial charge in [-0.25, -0.2) is 0 Å². The van der Waals surface area contributed by atoms with Crippen molar-refractivity contribution in [3.63, 3.8) is 0 Å². The van der Waals surface area contributed by atoms with Crippen LogP contribution in [-0.4, -0.2) is 31.6 Å². The number of amides is 1. The van der Waals surface area contributed by atoms with E-state index in [2.05, 4.69) is 5.32 Å². The molecule has 138 valence electrons. The Hall–Kier alpha value is -2.80. The first-order chi connectivity index (χ1) is 12.5. The Morgan fingerprint density at radius 1 is 1.15 bits per heavy atom. The summed E-state index contributed by atoms with van der Waals surface area (Å²) >= 11 is 5.74. The van der Waals surface area contributed by atoms with E-state index in [1.54, 1.807) is 14.2 Å². The van der Waals surface area contributed by atoms with Crippen LogP contribution >= 0.6 is 11.6 Å². The van der Waals surface area contributed by atoms with E-state index >= 15 is 0 Å². The molecular weight excluding hydrogens is 360 g/mol. The second-order valence-electron chi connectivity index (χ2n) is 5.47. The molecule has 26 heavy (non-hydrogen) atoms. The minimum Gasteiger partial charge on any atom is -0.493 e. The lowest BCUT2D eigenvalue weighted by atomic mass is 10.1. The zero-order valence-electron chi connectivity index (χ0n) is 14.5. The van der Waals surface area contributed by atoms with Crippen LogP contribution in [0.1, 0.15) is 22.3 Å². The number of nitro groups is 1. The third kappa shape index (κ3) is 4.86. The van der Waals surface area contributed by atoms with Gasteiger partial charge >= 0.3 is 0 Å². The summed E-state index contributed by atoms with van der Waals surface area (Å²) in [6, 6.07) is 9.64. The van der Waals surface area contributed by atoms with Crippen molar-refractivity contribution in [2.45, 2.75) is 12.8 Å². The van der Waals surface area contributed by atoms with Crippen LogP contribution in [0, 0.1) is 10.1 Å². The number of carbonyl (C=O) groups excluding carboxylic acids is 1. The highest BCUT2D eigenvalue weighted by atomic mass is 35.5. The van der Waals surface area contributed by atoms with Crippen LogP contribution in [0.4, 0.5) is 5.69 Å². The molecule has 0 radical (unpaired) electrons. The number of ether oxygens (including phenoxy) is 2. The van der Waals surface area contributed by atoms with Gasteiger partial charge in [0.1, 0.15) is 5.02 Å².